The summed E-state index contributed by atoms with van der Waals surface area (Å²) in [4.78, 5) is 13.6. The average molecular weight is 287 g/mol. The summed E-state index contributed by atoms with van der Waals surface area (Å²) in [6, 6.07) is 8.91. The molecule has 2 heterocycles. The molecule has 1 aliphatic rings. The smallest absolute Gasteiger partial charge is 0.242 e. The lowest BCUT2D eigenvalue weighted by Gasteiger charge is -2.28. The molecule has 1 aliphatic heterocycles. The van der Waals surface area contributed by atoms with Crippen molar-refractivity contribution in [1.82, 2.24) is 19.9 Å². The van der Waals surface area contributed by atoms with Crippen LogP contribution >= 0.6 is 0 Å². The minimum Gasteiger partial charge on any atom is -0.394 e. The first-order valence-electron chi connectivity index (χ1n) is 6.85. The number of rotatable bonds is 3. The zero-order chi connectivity index (χ0) is 14.8. The molecule has 3 rings (SSSR count). The Morgan fingerprint density at radius 1 is 1.38 bits per heavy atom. The highest BCUT2D eigenvalue weighted by molar-refractivity contribution is 5.82. The lowest BCUT2D eigenvalue weighted by molar-refractivity contribution is -0.134. The van der Waals surface area contributed by atoms with Crippen LogP contribution in [-0.2, 0) is 17.8 Å². The van der Waals surface area contributed by atoms with E-state index in [4.69, 9.17) is 10.8 Å². The number of hydrogen-bond acceptors (Lipinski definition) is 5. The zero-order valence-corrected chi connectivity index (χ0v) is 11.5. The van der Waals surface area contributed by atoms with Gasteiger partial charge in [0.05, 0.1) is 24.5 Å². The van der Waals surface area contributed by atoms with Gasteiger partial charge in [-0.1, -0.05) is 23.4 Å². The third-order valence-electron chi connectivity index (χ3n) is 3.63. The van der Waals surface area contributed by atoms with Crippen LogP contribution in [0, 0.1) is 0 Å². The predicted octanol–water partition coefficient (Wildman–Crippen LogP) is -0.528. The number of amides is 1. The number of aliphatic hydroxyl groups excluding tert-OH is 1. The fourth-order valence-electron chi connectivity index (χ4n) is 2.48. The molecule has 1 aromatic heterocycles. The number of carbonyl (C=O) groups is 1. The summed E-state index contributed by atoms with van der Waals surface area (Å²) in [5.74, 6) is -0.252. The van der Waals surface area contributed by atoms with Crippen LogP contribution in [0.4, 0.5) is 0 Å². The molecule has 1 aromatic carbocycles. The summed E-state index contributed by atoms with van der Waals surface area (Å²) in [5, 5.41) is 17.3. The minimum atomic E-state index is -0.865. The number of para-hydroxylation sites is 1. The van der Waals surface area contributed by atoms with Crippen LogP contribution in [0.25, 0.3) is 5.69 Å². The lowest BCUT2D eigenvalue weighted by Crippen LogP contribution is -2.47. The molecule has 3 N–H and O–H groups in total. The minimum absolute atomic E-state index is 0.252. The molecule has 0 saturated heterocycles. The molecule has 110 valence electrons. The highest BCUT2D eigenvalue weighted by Gasteiger charge is 2.28. The summed E-state index contributed by atoms with van der Waals surface area (Å²) >= 11 is 0. The van der Waals surface area contributed by atoms with Gasteiger partial charge >= 0.3 is 0 Å². The standard InChI is InChI=1S/C14H17N5O2/c15-11(9-20)14(21)18-7-6-13-12(8-18)16-17-19(13)10-4-2-1-3-5-10/h1-5,11,20H,6-9,15H2. The first kappa shape index (κ1) is 13.7. The van der Waals surface area contributed by atoms with Crippen LogP contribution in [-0.4, -0.2) is 50.1 Å². The van der Waals surface area contributed by atoms with E-state index in [1.54, 1.807) is 4.90 Å². The van der Waals surface area contributed by atoms with Crippen LogP contribution in [0.15, 0.2) is 30.3 Å². The van der Waals surface area contributed by atoms with E-state index in [2.05, 4.69) is 10.3 Å². The Kier molecular flexibility index (Phi) is 3.68. The molecule has 0 bridgehead atoms. The summed E-state index contributed by atoms with van der Waals surface area (Å²) < 4.78 is 1.81. The van der Waals surface area contributed by atoms with Crippen molar-refractivity contribution in [3.8, 4) is 5.69 Å². The molecule has 0 fully saturated rings. The number of nitrogens with zero attached hydrogens (tertiary/aromatic N) is 4. The van der Waals surface area contributed by atoms with Crippen molar-refractivity contribution in [2.45, 2.75) is 19.0 Å². The summed E-state index contributed by atoms with van der Waals surface area (Å²) in [6.07, 6.45) is 0.668. The Bertz CT molecular complexity index is 640. The van der Waals surface area contributed by atoms with Gasteiger partial charge in [0, 0.05) is 13.0 Å². The second-order valence-electron chi connectivity index (χ2n) is 5.03. The van der Waals surface area contributed by atoms with Gasteiger partial charge in [0.15, 0.2) is 0 Å². The Morgan fingerprint density at radius 3 is 2.86 bits per heavy atom. The van der Waals surface area contributed by atoms with E-state index in [1.165, 1.54) is 0 Å². The van der Waals surface area contributed by atoms with Gasteiger partial charge in [0.2, 0.25) is 5.91 Å². The van der Waals surface area contributed by atoms with Gasteiger partial charge in [-0.25, -0.2) is 4.68 Å². The number of carbonyl (C=O) groups excluding carboxylic acids is 1. The van der Waals surface area contributed by atoms with Gasteiger partial charge in [-0.2, -0.15) is 0 Å². The number of aliphatic hydroxyl groups is 1. The lowest BCUT2D eigenvalue weighted by atomic mass is 10.1. The van der Waals surface area contributed by atoms with E-state index >= 15 is 0 Å². The second-order valence-corrected chi connectivity index (χ2v) is 5.03. The van der Waals surface area contributed by atoms with Crippen molar-refractivity contribution in [1.29, 1.82) is 0 Å². The molecule has 0 saturated carbocycles. The van der Waals surface area contributed by atoms with E-state index in [1.807, 2.05) is 35.0 Å². The normalized spacial score (nSPS) is 15.6. The number of benzene rings is 1. The van der Waals surface area contributed by atoms with E-state index in [9.17, 15) is 4.79 Å². The molecular formula is C14H17N5O2. The highest BCUT2D eigenvalue weighted by Crippen LogP contribution is 2.20. The third-order valence-corrected chi connectivity index (χ3v) is 3.63. The maximum Gasteiger partial charge on any atom is 0.242 e. The van der Waals surface area contributed by atoms with Crippen molar-refractivity contribution >= 4 is 5.91 Å². The van der Waals surface area contributed by atoms with Gasteiger partial charge in [-0.3, -0.25) is 4.79 Å². The van der Waals surface area contributed by atoms with Gasteiger partial charge in [-0.15, -0.1) is 5.10 Å². The van der Waals surface area contributed by atoms with Crippen LogP contribution in [0.3, 0.4) is 0 Å². The van der Waals surface area contributed by atoms with Crippen molar-refractivity contribution in [2.24, 2.45) is 5.73 Å². The predicted molar refractivity (Wildman–Crippen MR) is 75.5 cm³/mol. The zero-order valence-electron chi connectivity index (χ0n) is 11.5. The highest BCUT2D eigenvalue weighted by atomic mass is 16.3. The number of aromatic nitrogens is 3. The number of nitrogens with two attached hydrogens (primary N) is 1. The summed E-state index contributed by atoms with van der Waals surface area (Å²) in [7, 11) is 0. The topological polar surface area (TPSA) is 97.3 Å². The van der Waals surface area contributed by atoms with Gasteiger partial charge in [0.25, 0.3) is 0 Å². The fourth-order valence-corrected chi connectivity index (χ4v) is 2.48. The molecule has 1 unspecified atom stereocenters. The number of fused-ring (bicyclic) bond motifs is 1. The molecule has 0 aliphatic carbocycles. The van der Waals surface area contributed by atoms with Gasteiger partial charge in [0.1, 0.15) is 11.7 Å². The molecule has 7 heteroatoms. The molecular weight excluding hydrogens is 270 g/mol. The van der Waals surface area contributed by atoms with E-state index in [0.29, 0.717) is 19.5 Å². The first-order chi connectivity index (χ1) is 10.2. The SMILES string of the molecule is NC(CO)C(=O)N1CCc2c(nnn2-c2ccccc2)C1. The Balaban J connectivity index is 1.83. The maximum atomic E-state index is 12.0. The van der Waals surface area contributed by atoms with E-state index < -0.39 is 6.04 Å². The third kappa shape index (κ3) is 2.53. The molecule has 7 nitrogen and oxygen atoms in total. The van der Waals surface area contributed by atoms with Crippen molar-refractivity contribution in [3.63, 3.8) is 0 Å². The molecule has 1 amide bonds. The van der Waals surface area contributed by atoms with E-state index in [0.717, 1.165) is 17.1 Å². The summed E-state index contributed by atoms with van der Waals surface area (Å²) in [6.45, 7) is 0.591. The molecule has 2 aromatic rings. The van der Waals surface area contributed by atoms with Crippen LogP contribution in [0.1, 0.15) is 11.4 Å². The monoisotopic (exact) mass is 287 g/mol. The largest absolute Gasteiger partial charge is 0.394 e. The quantitative estimate of drug-likeness (QED) is 0.791. The van der Waals surface area contributed by atoms with Crippen LogP contribution < -0.4 is 5.73 Å². The van der Waals surface area contributed by atoms with Crippen molar-refractivity contribution < 1.29 is 9.90 Å². The fraction of sp³-hybridized carbons (Fsp3) is 0.357. The molecule has 1 atom stereocenters. The van der Waals surface area contributed by atoms with Crippen molar-refractivity contribution in [3.05, 3.63) is 41.7 Å². The molecule has 0 radical (unpaired) electrons. The van der Waals surface area contributed by atoms with Gasteiger partial charge < -0.3 is 15.7 Å². The second kappa shape index (κ2) is 5.63. The Labute approximate surface area is 122 Å². The maximum absolute atomic E-state index is 12.0. The van der Waals surface area contributed by atoms with Crippen LogP contribution in [0.5, 0.6) is 0 Å². The average Bonchev–Trinajstić information content (AvgIpc) is 2.97. The Hall–Kier alpha value is -2.25. The molecule has 0 spiro atoms. The molecule has 21 heavy (non-hydrogen) atoms. The van der Waals surface area contributed by atoms with E-state index in [-0.39, 0.29) is 12.5 Å². The Morgan fingerprint density at radius 2 is 2.14 bits per heavy atom. The van der Waals surface area contributed by atoms with Gasteiger partial charge in [-0.05, 0) is 12.1 Å². The van der Waals surface area contributed by atoms with Crippen molar-refractivity contribution in [2.75, 3.05) is 13.2 Å². The summed E-state index contributed by atoms with van der Waals surface area (Å²) in [5.41, 5.74) is 8.34. The van der Waals surface area contributed by atoms with Crippen LogP contribution in [0.2, 0.25) is 0 Å². The number of hydrogen-bond donors (Lipinski definition) is 2. The first-order valence-corrected chi connectivity index (χ1v) is 6.85.